The molecular formula is C27H33N5O3. The zero-order valence-corrected chi connectivity index (χ0v) is 19.7. The second-order valence-corrected chi connectivity index (χ2v) is 8.43. The monoisotopic (exact) mass is 475 g/mol. The molecule has 3 aromatic carbocycles. The van der Waals surface area contributed by atoms with Crippen molar-refractivity contribution in [3.8, 4) is 5.75 Å². The molecule has 7 N–H and O–H groups in total. The SMILES string of the molecule is N=C(N)c1ccc(C(c2cccc(O)c2)N2CCN(Cc3ccccc3)CC2)cc1.NCC(=O)O. The minimum Gasteiger partial charge on any atom is -0.508 e. The molecule has 1 saturated heterocycles. The zero-order valence-electron chi connectivity index (χ0n) is 19.7. The zero-order chi connectivity index (χ0) is 25.2. The number of aliphatic carboxylic acids is 1. The lowest BCUT2D eigenvalue weighted by atomic mass is 9.95. The van der Waals surface area contributed by atoms with Gasteiger partial charge < -0.3 is 21.7 Å². The number of nitrogens with zero attached hydrogens (tertiary/aromatic N) is 2. The summed E-state index contributed by atoms with van der Waals surface area (Å²) in [5.41, 5.74) is 14.5. The van der Waals surface area contributed by atoms with Crippen LogP contribution in [-0.2, 0) is 11.3 Å². The Morgan fingerprint density at radius 2 is 1.54 bits per heavy atom. The number of nitrogen functional groups attached to an aromatic ring is 1. The van der Waals surface area contributed by atoms with Crippen molar-refractivity contribution in [3.63, 3.8) is 0 Å². The molecular weight excluding hydrogens is 442 g/mol. The summed E-state index contributed by atoms with van der Waals surface area (Å²) >= 11 is 0. The van der Waals surface area contributed by atoms with Crippen LogP contribution >= 0.6 is 0 Å². The van der Waals surface area contributed by atoms with Crippen LogP contribution in [0, 0.1) is 5.41 Å². The highest BCUT2D eigenvalue weighted by molar-refractivity contribution is 5.94. The fraction of sp³-hybridized carbons (Fsp3) is 0.259. The number of nitrogens with two attached hydrogens (primary N) is 2. The van der Waals surface area contributed by atoms with Gasteiger partial charge in [0.1, 0.15) is 11.6 Å². The molecule has 8 heteroatoms. The number of carboxylic acid groups (broad SMARTS) is 1. The fourth-order valence-electron chi connectivity index (χ4n) is 4.18. The second-order valence-electron chi connectivity index (χ2n) is 8.43. The number of carboxylic acids is 1. The molecule has 35 heavy (non-hydrogen) atoms. The minimum atomic E-state index is -0.968. The average Bonchev–Trinajstić information content (AvgIpc) is 2.87. The molecule has 0 bridgehead atoms. The first kappa shape index (κ1) is 25.9. The third-order valence-corrected chi connectivity index (χ3v) is 5.92. The van der Waals surface area contributed by atoms with E-state index in [0.29, 0.717) is 0 Å². The van der Waals surface area contributed by atoms with E-state index in [1.54, 1.807) is 6.07 Å². The third-order valence-electron chi connectivity index (χ3n) is 5.92. The lowest BCUT2D eigenvalue weighted by molar-refractivity contribution is -0.135. The Bertz CT molecular complexity index is 1100. The minimum absolute atomic E-state index is 0.0528. The van der Waals surface area contributed by atoms with Crippen molar-refractivity contribution in [2.45, 2.75) is 12.6 Å². The number of hydrogen-bond donors (Lipinski definition) is 5. The Hall–Kier alpha value is -3.72. The van der Waals surface area contributed by atoms with E-state index < -0.39 is 5.97 Å². The summed E-state index contributed by atoms with van der Waals surface area (Å²) in [6.07, 6.45) is 0. The molecule has 4 rings (SSSR count). The van der Waals surface area contributed by atoms with Gasteiger partial charge in [0.15, 0.2) is 0 Å². The van der Waals surface area contributed by atoms with Gasteiger partial charge >= 0.3 is 5.97 Å². The van der Waals surface area contributed by atoms with Gasteiger partial charge in [-0.15, -0.1) is 0 Å². The molecule has 1 fully saturated rings. The molecule has 0 amide bonds. The van der Waals surface area contributed by atoms with Crippen molar-refractivity contribution in [2.24, 2.45) is 11.5 Å². The van der Waals surface area contributed by atoms with E-state index in [1.165, 1.54) is 5.56 Å². The molecule has 0 aromatic heterocycles. The Morgan fingerprint density at radius 1 is 0.914 bits per heavy atom. The van der Waals surface area contributed by atoms with E-state index in [0.717, 1.165) is 49.4 Å². The van der Waals surface area contributed by atoms with Crippen molar-refractivity contribution in [2.75, 3.05) is 32.7 Å². The van der Waals surface area contributed by atoms with Crippen molar-refractivity contribution < 1.29 is 15.0 Å². The largest absolute Gasteiger partial charge is 0.508 e. The number of piperazine rings is 1. The van der Waals surface area contributed by atoms with Gasteiger partial charge in [-0.05, 0) is 28.8 Å². The van der Waals surface area contributed by atoms with E-state index in [4.69, 9.17) is 16.2 Å². The first-order valence-electron chi connectivity index (χ1n) is 11.5. The van der Waals surface area contributed by atoms with Crippen LogP contribution in [0.4, 0.5) is 0 Å². The molecule has 1 aliphatic rings. The van der Waals surface area contributed by atoms with E-state index in [2.05, 4.69) is 51.9 Å². The van der Waals surface area contributed by atoms with Crippen molar-refractivity contribution >= 4 is 11.8 Å². The highest BCUT2D eigenvalue weighted by atomic mass is 16.4. The van der Waals surface area contributed by atoms with E-state index in [-0.39, 0.29) is 24.2 Å². The van der Waals surface area contributed by atoms with Crippen molar-refractivity contribution in [3.05, 3.63) is 101 Å². The van der Waals surface area contributed by atoms with Crippen molar-refractivity contribution in [1.29, 1.82) is 5.41 Å². The molecule has 1 heterocycles. The summed E-state index contributed by atoms with van der Waals surface area (Å²) in [4.78, 5) is 14.2. The maximum absolute atomic E-state index is 10.1. The Balaban J connectivity index is 0.000000623. The molecule has 0 aliphatic carbocycles. The first-order valence-corrected chi connectivity index (χ1v) is 11.5. The number of carbonyl (C=O) groups is 1. The van der Waals surface area contributed by atoms with Crippen LogP contribution in [0.15, 0.2) is 78.9 Å². The summed E-state index contributed by atoms with van der Waals surface area (Å²) in [7, 11) is 0. The van der Waals surface area contributed by atoms with E-state index in [1.807, 2.05) is 36.4 Å². The molecule has 0 saturated carbocycles. The number of rotatable bonds is 7. The quantitative estimate of drug-likeness (QED) is 0.261. The van der Waals surface area contributed by atoms with E-state index >= 15 is 0 Å². The number of phenolic OH excluding ortho intramolecular Hbond substituents is 1. The number of benzene rings is 3. The van der Waals surface area contributed by atoms with Crippen LogP contribution in [0.5, 0.6) is 5.75 Å². The molecule has 1 unspecified atom stereocenters. The van der Waals surface area contributed by atoms with Gasteiger partial charge in [-0.25, -0.2) is 0 Å². The Morgan fingerprint density at radius 3 is 2.09 bits per heavy atom. The number of amidine groups is 1. The molecule has 3 aromatic rings. The van der Waals surface area contributed by atoms with Crippen LogP contribution < -0.4 is 11.5 Å². The normalized spacial score (nSPS) is 15.0. The van der Waals surface area contributed by atoms with Crippen LogP contribution in [-0.4, -0.2) is 64.5 Å². The number of hydrogen-bond acceptors (Lipinski definition) is 6. The fourth-order valence-corrected chi connectivity index (χ4v) is 4.18. The van der Waals surface area contributed by atoms with Gasteiger partial charge in [0.2, 0.25) is 0 Å². The Labute approximate surface area is 205 Å². The average molecular weight is 476 g/mol. The molecule has 184 valence electrons. The summed E-state index contributed by atoms with van der Waals surface area (Å²) in [6.45, 7) is 4.58. The third kappa shape index (κ3) is 7.65. The lowest BCUT2D eigenvalue weighted by Gasteiger charge is -2.40. The van der Waals surface area contributed by atoms with E-state index in [9.17, 15) is 9.90 Å². The maximum atomic E-state index is 10.1. The molecule has 0 radical (unpaired) electrons. The summed E-state index contributed by atoms with van der Waals surface area (Å²) < 4.78 is 0. The van der Waals surface area contributed by atoms with Gasteiger partial charge in [-0.1, -0.05) is 66.7 Å². The summed E-state index contributed by atoms with van der Waals surface area (Å²) in [5, 5.41) is 25.3. The van der Waals surface area contributed by atoms with Gasteiger partial charge in [-0.2, -0.15) is 0 Å². The Kier molecular flexibility index (Phi) is 9.37. The highest BCUT2D eigenvalue weighted by Crippen LogP contribution is 2.31. The predicted octanol–water partition coefficient (Wildman–Crippen LogP) is 2.61. The number of aromatic hydroxyl groups is 1. The molecule has 0 spiro atoms. The molecule has 1 aliphatic heterocycles. The summed E-state index contributed by atoms with van der Waals surface area (Å²) in [5.74, 6) is -0.615. The molecule has 8 nitrogen and oxygen atoms in total. The first-order chi connectivity index (χ1) is 16.9. The summed E-state index contributed by atoms with van der Waals surface area (Å²) in [6, 6.07) is 26.1. The maximum Gasteiger partial charge on any atom is 0.317 e. The highest BCUT2D eigenvalue weighted by Gasteiger charge is 2.26. The topological polar surface area (TPSA) is 140 Å². The predicted molar refractivity (Wildman–Crippen MR) is 137 cm³/mol. The van der Waals surface area contributed by atoms with Crippen LogP contribution in [0.1, 0.15) is 28.3 Å². The van der Waals surface area contributed by atoms with Gasteiger partial charge in [-0.3, -0.25) is 20.0 Å². The standard InChI is InChI=1S/C25H28N4O.C2H5NO2/c26-25(27)21-11-9-20(10-12-21)24(22-7-4-8-23(30)17-22)29-15-13-28(14-16-29)18-19-5-2-1-3-6-19;3-1-2(4)5/h1-12,17,24,30H,13-16,18H2,(H3,26,27);1,3H2,(H,4,5). The van der Waals surface area contributed by atoms with Crippen molar-refractivity contribution in [1.82, 2.24) is 9.80 Å². The van der Waals surface area contributed by atoms with Gasteiger partial charge in [0.05, 0.1) is 12.6 Å². The van der Waals surface area contributed by atoms with Crippen LogP contribution in [0.25, 0.3) is 0 Å². The number of nitrogens with one attached hydrogen (secondary N) is 1. The van der Waals surface area contributed by atoms with Gasteiger partial charge in [0, 0.05) is 38.3 Å². The number of phenols is 1. The van der Waals surface area contributed by atoms with Gasteiger partial charge in [0.25, 0.3) is 0 Å². The second kappa shape index (κ2) is 12.7. The van der Waals surface area contributed by atoms with Crippen LogP contribution in [0.3, 0.4) is 0 Å². The smallest absolute Gasteiger partial charge is 0.317 e. The molecule has 1 atom stereocenters. The van der Waals surface area contributed by atoms with Crippen LogP contribution in [0.2, 0.25) is 0 Å². The lowest BCUT2D eigenvalue weighted by Crippen LogP contribution is -2.47.